The molecular formula is C17H22F2O4. The van der Waals surface area contributed by atoms with Crippen molar-refractivity contribution in [1.29, 1.82) is 0 Å². The second kappa shape index (κ2) is 9.37. The normalized spacial score (nSPS) is 16.8. The van der Waals surface area contributed by atoms with Crippen molar-refractivity contribution in [2.75, 3.05) is 19.8 Å². The summed E-state index contributed by atoms with van der Waals surface area (Å²) in [6.07, 6.45) is 1.07. The van der Waals surface area contributed by atoms with E-state index in [9.17, 15) is 13.6 Å². The van der Waals surface area contributed by atoms with Crippen molar-refractivity contribution < 1.29 is 27.8 Å². The van der Waals surface area contributed by atoms with Gasteiger partial charge in [0.1, 0.15) is 6.10 Å². The Morgan fingerprint density at radius 1 is 1.48 bits per heavy atom. The van der Waals surface area contributed by atoms with Crippen molar-refractivity contribution >= 4 is 5.97 Å². The molecule has 4 nitrogen and oxygen atoms in total. The van der Waals surface area contributed by atoms with E-state index in [2.05, 4.69) is 11.3 Å². The monoisotopic (exact) mass is 328 g/mol. The minimum atomic E-state index is -0.835. The van der Waals surface area contributed by atoms with Crippen molar-refractivity contribution in [2.45, 2.75) is 33.0 Å². The van der Waals surface area contributed by atoms with Gasteiger partial charge in [0.15, 0.2) is 11.6 Å². The quantitative estimate of drug-likeness (QED) is 0.456. The molecule has 1 heterocycles. The van der Waals surface area contributed by atoms with Crippen LogP contribution in [0.4, 0.5) is 8.78 Å². The Kier molecular flexibility index (Phi) is 7.85. The average molecular weight is 328 g/mol. The summed E-state index contributed by atoms with van der Waals surface area (Å²) in [6.45, 7) is 10.2. The lowest BCUT2D eigenvalue weighted by Gasteiger charge is -2.15. The van der Waals surface area contributed by atoms with Crippen LogP contribution in [0.15, 0.2) is 24.8 Å². The van der Waals surface area contributed by atoms with Gasteiger partial charge in [-0.3, -0.25) is 0 Å². The molecule has 23 heavy (non-hydrogen) atoms. The van der Waals surface area contributed by atoms with Crippen LogP contribution in [-0.2, 0) is 19.0 Å². The number of epoxide rings is 1. The number of hydrogen-bond acceptors (Lipinski definition) is 4. The largest absolute Gasteiger partial charge is 0.463 e. The average Bonchev–Trinajstić information content (AvgIpc) is 3.33. The summed E-state index contributed by atoms with van der Waals surface area (Å²) in [6, 6.07) is 2.39. The zero-order chi connectivity index (χ0) is 17.4. The zero-order valence-corrected chi connectivity index (χ0v) is 13.6. The first-order valence-electron chi connectivity index (χ1n) is 7.36. The number of rotatable bonds is 6. The molecule has 0 spiro atoms. The second-order valence-electron chi connectivity index (χ2n) is 5.01. The maximum Gasteiger partial charge on any atom is 0.330 e. The van der Waals surface area contributed by atoms with Gasteiger partial charge in [-0.25, -0.2) is 13.6 Å². The SMILES string of the molecule is C=CC(=O)OCC.Cc1cc(F)c(F)cc1C(C)OCC1CO1. The van der Waals surface area contributed by atoms with Crippen molar-refractivity contribution in [3.63, 3.8) is 0 Å². The zero-order valence-electron chi connectivity index (χ0n) is 13.6. The molecule has 1 aromatic rings. The molecule has 2 rings (SSSR count). The van der Waals surface area contributed by atoms with Gasteiger partial charge in [-0.2, -0.15) is 0 Å². The van der Waals surface area contributed by atoms with E-state index in [-0.39, 0.29) is 18.2 Å². The van der Waals surface area contributed by atoms with Crippen LogP contribution in [-0.4, -0.2) is 31.9 Å². The van der Waals surface area contributed by atoms with Gasteiger partial charge in [-0.05, 0) is 44.0 Å². The number of ether oxygens (including phenoxy) is 3. The molecule has 0 amide bonds. The van der Waals surface area contributed by atoms with Crippen LogP contribution >= 0.6 is 0 Å². The van der Waals surface area contributed by atoms with Crippen LogP contribution in [0, 0.1) is 18.6 Å². The maximum absolute atomic E-state index is 13.1. The van der Waals surface area contributed by atoms with Crippen molar-refractivity contribution in [3.8, 4) is 0 Å². The third-order valence-electron chi connectivity index (χ3n) is 3.13. The van der Waals surface area contributed by atoms with Crippen molar-refractivity contribution in [2.24, 2.45) is 0 Å². The third-order valence-corrected chi connectivity index (χ3v) is 3.13. The molecule has 1 aliphatic heterocycles. The van der Waals surface area contributed by atoms with Gasteiger partial charge in [0, 0.05) is 6.08 Å². The smallest absolute Gasteiger partial charge is 0.330 e. The van der Waals surface area contributed by atoms with E-state index in [1.54, 1.807) is 13.8 Å². The number of halogens is 2. The molecule has 0 radical (unpaired) electrons. The van der Waals surface area contributed by atoms with E-state index >= 15 is 0 Å². The topological polar surface area (TPSA) is 48.1 Å². The maximum atomic E-state index is 13.1. The Labute approximate surface area is 135 Å². The molecule has 1 fully saturated rings. The fraction of sp³-hybridized carbons (Fsp3) is 0.471. The number of hydrogen-bond donors (Lipinski definition) is 0. The number of aryl methyl sites for hydroxylation is 1. The molecule has 1 saturated heterocycles. The van der Waals surface area contributed by atoms with E-state index in [4.69, 9.17) is 9.47 Å². The molecule has 6 heteroatoms. The highest BCUT2D eigenvalue weighted by molar-refractivity contribution is 5.81. The fourth-order valence-corrected chi connectivity index (χ4v) is 1.81. The van der Waals surface area contributed by atoms with Crippen LogP contribution in [0.5, 0.6) is 0 Å². The van der Waals surface area contributed by atoms with E-state index in [0.717, 1.165) is 12.7 Å². The minimum absolute atomic E-state index is 0.174. The van der Waals surface area contributed by atoms with Crippen LogP contribution < -0.4 is 0 Å². The van der Waals surface area contributed by atoms with Gasteiger partial charge in [-0.1, -0.05) is 6.58 Å². The fourth-order valence-electron chi connectivity index (χ4n) is 1.81. The van der Waals surface area contributed by atoms with Gasteiger partial charge in [0.2, 0.25) is 0 Å². The predicted molar refractivity (Wildman–Crippen MR) is 82.0 cm³/mol. The van der Waals surface area contributed by atoms with E-state index in [0.29, 0.717) is 24.3 Å². The van der Waals surface area contributed by atoms with E-state index in [1.807, 2.05) is 6.92 Å². The van der Waals surface area contributed by atoms with Crippen LogP contribution in [0.25, 0.3) is 0 Å². The summed E-state index contributed by atoms with van der Waals surface area (Å²) in [4.78, 5) is 10.1. The molecule has 0 N–H and O–H groups in total. The lowest BCUT2D eigenvalue weighted by atomic mass is 10.0. The lowest BCUT2D eigenvalue weighted by Crippen LogP contribution is -2.08. The highest BCUT2D eigenvalue weighted by atomic mass is 19.2. The molecule has 0 saturated carbocycles. The lowest BCUT2D eigenvalue weighted by molar-refractivity contribution is -0.137. The Hall–Kier alpha value is -1.79. The highest BCUT2D eigenvalue weighted by Gasteiger charge is 2.24. The molecular weight excluding hydrogens is 306 g/mol. The van der Waals surface area contributed by atoms with Gasteiger partial charge < -0.3 is 14.2 Å². The first-order chi connectivity index (χ1) is 10.9. The van der Waals surface area contributed by atoms with E-state index in [1.165, 1.54) is 12.1 Å². The Morgan fingerprint density at radius 2 is 2.09 bits per heavy atom. The molecule has 0 aliphatic carbocycles. The summed E-state index contributed by atoms with van der Waals surface area (Å²) in [5, 5.41) is 0. The minimum Gasteiger partial charge on any atom is -0.463 e. The van der Waals surface area contributed by atoms with Gasteiger partial charge >= 0.3 is 5.97 Å². The number of carbonyl (C=O) groups is 1. The van der Waals surface area contributed by atoms with Gasteiger partial charge in [-0.15, -0.1) is 0 Å². The molecule has 1 aromatic carbocycles. The summed E-state index contributed by atoms with van der Waals surface area (Å²) in [5.41, 5.74) is 1.38. The second-order valence-corrected chi connectivity index (χ2v) is 5.01. The van der Waals surface area contributed by atoms with Crippen molar-refractivity contribution in [1.82, 2.24) is 0 Å². The molecule has 2 unspecified atom stereocenters. The van der Waals surface area contributed by atoms with Crippen molar-refractivity contribution in [3.05, 3.63) is 47.5 Å². The van der Waals surface area contributed by atoms with Crippen LogP contribution in [0.1, 0.15) is 31.1 Å². The Bertz CT molecular complexity index is 542. The standard InChI is InChI=1S/C12H14F2O2.C5H8O2/c1-7-3-11(13)12(14)4-10(7)8(2)15-5-9-6-16-9;1-3-5(6)7-4-2/h3-4,8-9H,5-6H2,1-2H3;3H,1,4H2,2H3. The number of esters is 1. The molecule has 128 valence electrons. The van der Waals surface area contributed by atoms with Gasteiger partial charge in [0.05, 0.1) is 25.9 Å². The number of benzene rings is 1. The third kappa shape index (κ3) is 6.88. The highest BCUT2D eigenvalue weighted by Crippen LogP contribution is 2.24. The predicted octanol–water partition coefficient (Wildman–Crippen LogP) is 3.49. The van der Waals surface area contributed by atoms with Crippen LogP contribution in [0.3, 0.4) is 0 Å². The Morgan fingerprint density at radius 3 is 2.57 bits per heavy atom. The molecule has 2 atom stereocenters. The Balaban J connectivity index is 0.000000322. The first kappa shape index (κ1) is 19.3. The summed E-state index contributed by atoms with van der Waals surface area (Å²) < 4.78 is 40.9. The molecule has 0 aromatic heterocycles. The van der Waals surface area contributed by atoms with Gasteiger partial charge in [0.25, 0.3) is 0 Å². The van der Waals surface area contributed by atoms with Crippen LogP contribution in [0.2, 0.25) is 0 Å². The summed E-state index contributed by atoms with van der Waals surface area (Å²) in [5.74, 6) is -2.01. The van der Waals surface area contributed by atoms with E-state index < -0.39 is 11.6 Å². The molecule has 1 aliphatic rings. The summed E-state index contributed by atoms with van der Waals surface area (Å²) >= 11 is 0. The molecule has 0 bridgehead atoms. The number of carbonyl (C=O) groups excluding carboxylic acids is 1. The summed E-state index contributed by atoms with van der Waals surface area (Å²) in [7, 11) is 0. The first-order valence-corrected chi connectivity index (χ1v) is 7.36.